The molecule has 1 aromatic carbocycles. The summed E-state index contributed by atoms with van der Waals surface area (Å²) in [5.74, 6) is -0.610. The summed E-state index contributed by atoms with van der Waals surface area (Å²) in [6.07, 6.45) is -1.03. The zero-order chi connectivity index (χ0) is 18.7. The number of piperidine rings is 1. The highest BCUT2D eigenvalue weighted by Crippen LogP contribution is 2.28. The molecule has 0 unspecified atom stereocenters. The molecule has 1 aliphatic rings. The standard InChI is InChI=1S/C18H21F3N4O/c1-24-15(11-16(23-24)18(19,20)21)17(26)22-14-8-4-3-7-13(14)12-25-9-5-2-6-10-25/h3-4,7-8,11H,2,5-6,9-10,12H2,1H3,(H,22,26). The minimum absolute atomic E-state index is 0.134. The first-order valence-electron chi connectivity index (χ1n) is 8.57. The van der Waals surface area contributed by atoms with Gasteiger partial charge in [0.15, 0.2) is 5.69 Å². The highest BCUT2D eigenvalue weighted by molar-refractivity contribution is 6.03. The third kappa shape index (κ3) is 4.24. The maximum Gasteiger partial charge on any atom is 0.435 e. The van der Waals surface area contributed by atoms with Gasteiger partial charge in [-0.3, -0.25) is 14.4 Å². The predicted octanol–water partition coefficient (Wildman–Crippen LogP) is 3.68. The number of amides is 1. The van der Waals surface area contributed by atoms with Crippen LogP contribution in [-0.4, -0.2) is 33.7 Å². The average molecular weight is 366 g/mol. The molecule has 3 rings (SSSR count). The van der Waals surface area contributed by atoms with Crippen LogP contribution in [0.3, 0.4) is 0 Å². The second kappa shape index (κ2) is 7.49. The third-order valence-corrected chi connectivity index (χ3v) is 4.51. The van der Waals surface area contributed by atoms with Gasteiger partial charge in [-0.15, -0.1) is 0 Å². The number of nitrogens with one attached hydrogen (secondary N) is 1. The third-order valence-electron chi connectivity index (χ3n) is 4.51. The monoisotopic (exact) mass is 366 g/mol. The van der Waals surface area contributed by atoms with E-state index in [1.807, 2.05) is 12.1 Å². The fraction of sp³-hybridized carbons (Fsp3) is 0.444. The first-order valence-corrected chi connectivity index (χ1v) is 8.57. The molecule has 2 heterocycles. The smallest absolute Gasteiger partial charge is 0.320 e. The lowest BCUT2D eigenvalue weighted by Gasteiger charge is -2.27. The van der Waals surface area contributed by atoms with Crippen molar-refractivity contribution in [3.05, 3.63) is 47.3 Å². The van der Waals surface area contributed by atoms with Crippen molar-refractivity contribution in [2.45, 2.75) is 32.0 Å². The highest BCUT2D eigenvalue weighted by Gasteiger charge is 2.35. The van der Waals surface area contributed by atoms with Gasteiger partial charge in [-0.2, -0.15) is 18.3 Å². The van der Waals surface area contributed by atoms with E-state index in [9.17, 15) is 18.0 Å². The molecular formula is C18H21F3N4O. The first kappa shape index (κ1) is 18.4. The number of aromatic nitrogens is 2. The Bertz CT molecular complexity index is 779. The molecule has 1 fully saturated rings. The summed E-state index contributed by atoms with van der Waals surface area (Å²) in [5.41, 5.74) is 0.343. The summed E-state index contributed by atoms with van der Waals surface area (Å²) >= 11 is 0. The van der Waals surface area contributed by atoms with Crippen molar-refractivity contribution in [3.63, 3.8) is 0 Å². The van der Waals surface area contributed by atoms with Gasteiger partial charge in [0, 0.05) is 25.3 Å². The molecule has 26 heavy (non-hydrogen) atoms. The molecule has 0 spiro atoms. The van der Waals surface area contributed by atoms with Crippen LogP contribution >= 0.6 is 0 Å². The summed E-state index contributed by atoms with van der Waals surface area (Å²) in [7, 11) is 1.32. The highest BCUT2D eigenvalue weighted by atomic mass is 19.4. The van der Waals surface area contributed by atoms with Gasteiger partial charge >= 0.3 is 6.18 Å². The van der Waals surface area contributed by atoms with Crippen molar-refractivity contribution in [2.24, 2.45) is 7.05 Å². The number of halogens is 3. The topological polar surface area (TPSA) is 50.2 Å². The maximum atomic E-state index is 12.8. The van der Waals surface area contributed by atoms with Crippen molar-refractivity contribution < 1.29 is 18.0 Å². The number of carbonyl (C=O) groups excluding carboxylic acids is 1. The van der Waals surface area contributed by atoms with Crippen LogP contribution in [0, 0.1) is 0 Å². The molecule has 1 N–H and O–H groups in total. The molecule has 0 atom stereocenters. The molecule has 0 radical (unpaired) electrons. The van der Waals surface area contributed by atoms with Gasteiger partial charge in [0.25, 0.3) is 5.91 Å². The summed E-state index contributed by atoms with van der Waals surface area (Å²) < 4.78 is 39.3. The Morgan fingerprint density at radius 3 is 2.54 bits per heavy atom. The number of hydrogen-bond acceptors (Lipinski definition) is 3. The Morgan fingerprint density at radius 1 is 1.19 bits per heavy atom. The van der Waals surface area contributed by atoms with Crippen molar-refractivity contribution in [1.29, 1.82) is 0 Å². The van der Waals surface area contributed by atoms with Crippen LogP contribution in [0.4, 0.5) is 18.9 Å². The minimum Gasteiger partial charge on any atom is -0.320 e. The second-order valence-electron chi connectivity index (χ2n) is 6.48. The first-order chi connectivity index (χ1) is 12.3. The van der Waals surface area contributed by atoms with Gasteiger partial charge in [0.05, 0.1) is 0 Å². The quantitative estimate of drug-likeness (QED) is 0.898. The molecule has 0 bridgehead atoms. The number of likely N-dealkylation sites (tertiary alicyclic amines) is 1. The van der Waals surface area contributed by atoms with Gasteiger partial charge in [-0.1, -0.05) is 24.6 Å². The predicted molar refractivity (Wildman–Crippen MR) is 91.7 cm³/mol. The van der Waals surface area contributed by atoms with E-state index in [0.717, 1.165) is 42.2 Å². The lowest BCUT2D eigenvalue weighted by atomic mass is 10.1. The van der Waals surface area contributed by atoms with Crippen molar-refractivity contribution in [2.75, 3.05) is 18.4 Å². The number of hydrogen-bond donors (Lipinski definition) is 1. The van der Waals surface area contributed by atoms with Crippen LogP contribution in [0.15, 0.2) is 30.3 Å². The Morgan fingerprint density at radius 2 is 1.88 bits per heavy atom. The van der Waals surface area contributed by atoms with E-state index in [1.54, 1.807) is 12.1 Å². The Labute approximate surface area is 149 Å². The van der Waals surface area contributed by atoms with E-state index in [-0.39, 0.29) is 5.69 Å². The van der Waals surface area contributed by atoms with E-state index in [0.29, 0.717) is 12.2 Å². The minimum atomic E-state index is -4.58. The second-order valence-corrected chi connectivity index (χ2v) is 6.48. The summed E-state index contributed by atoms with van der Waals surface area (Å²) in [4.78, 5) is 14.8. The van der Waals surface area contributed by atoms with Gasteiger partial charge in [0.2, 0.25) is 0 Å². The zero-order valence-electron chi connectivity index (χ0n) is 14.5. The number of para-hydroxylation sites is 1. The van der Waals surface area contributed by atoms with Crippen molar-refractivity contribution in [1.82, 2.24) is 14.7 Å². The molecule has 1 amide bonds. The number of rotatable bonds is 4. The molecule has 8 heteroatoms. The zero-order valence-corrected chi connectivity index (χ0v) is 14.5. The number of aryl methyl sites for hydroxylation is 1. The molecule has 0 aliphatic carbocycles. The van der Waals surface area contributed by atoms with Gasteiger partial charge in [-0.25, -0.2) is 0 Å². The van der Waals surface area contributed by atoms with Crippen molar-refractivity contribution in [3.8, 4) is 0 Å². The maximum absolute atomic E-state index is 12.8. The Balaban J connectivity index is 1.76. The normalized spacial score (nSPS) is 15.8. The van der Waals surface area contributed by atoms with Gasteiger partial charge in [0.1, 0.15) is 5.69 Å². The largest absolute Gasteiger partial charge is 0.435 e. The van der Waals surface area contributed by atoms with Crippen LogP contribution in [0.5, 0.6) is 0 Å². The molecule has 0 saturated carbocycles. The Kier molecular flexibility index (Phi) is 5.31. The van der Waals surface area contributed by atoms with Crippen LogP contribution < -0.4 is 5.32 Å². The van der Waals surface area contributed by atoms with Crippen LogP contribution in [0.25, 0.3) is 0 Å². The lowest BCUT2D eigenvalue weighted by Crippen LogP contribution is -2.29. The number of carbonyl (C=O) groups is 1. The van der Waals surface area contributed by atoms with Gasteiger partial charge < -0.3 is 5.32 Å². The van der Waals surface area contributed by atoms with E-state index in [2.05, 4.69) is 15.3 Å². The number of benzene rings is 1. The average Bonchev–Trinajstić information content (AvgIpc) is 3.00. The summed E-state index contributed by atoms with van der Waals surface area (Å²) in [6, 6.07) is 8.13. The molecule has 1 aromatic heterocycles. The van der Waals surface area contributed by atoms with Gasteiger partial charge in [-0.05, 0) is 37.6 Å². The number of nitrogens with zero attached hydrogens (tertiary/aromatic N) is 3. The number of anilines is 1. The molecule has 140 valence electrons. The van der Waals surface area contributed by atoms with Crippen LogP contribution in [-0.2, 0) is 19.8 Å². The van der Waals surface area contributed by atoms with E-state index < -0.39 is 17.8 Å². The molecule has 5 nitrogen and oxygen atoms in total. The summed E-state index contributed by atoms with van der Waals surface area (Å²) in [5, 5.41) is 6.11. The fourth-order valence-corrected chi connectivity index (χ4v) is 3.14. The molecule has 1 saturated heterocycles. The molecule has 2 aromatic rings. The lowest BCUT2D eigenvalue weighted by molar-refractivity contribution is -0.141. The van der Waals surface area contributed by atoms with E-state index in [4.69, 9.17) is 0 Å². The van der Waals surface area contributed by atoms with E-state index >= 15 is 0 Å². The number of alkyl halides is 3. The van der Waals surface area contributed by atoms with Crippen LogP contribution in [0.1, 0.15) is 41.0 Å². The van der Waals surface area contributed by atoms with E-state index in [1.165, 1.54) is 13.5 Å². The molecule has 1 aliphatic heterocycles. The van der Waals surface area contributed by atoms with Crippen molar-refractivity contribution >= 4 is 11.6 Å². The fourth-order valence-electron chi connectivity index (χ4n) is 3.14. The SMILES string of the molecule is Cn1nc(C(F)(F)F)cc1C(=O)Nc1ccccc1CN1CCCCC1. The molecular weight excluding hydrogens is 345 g/mol. The Hall–Kier alpha value is -2.35. The summed E-state index contributed by atoms with van der Waals surface area (Å²) in [6.45, 7) is 2.73. The van der Waals surface area contributed by atoms with Crippen LogP contribution in [0.2, 0.25) is 0 Å².